The van der Waals surface area contributed by atoms with Crippen molar-refractivity contribution in [1.29, 1.82) is 0 Å². The molecule has 0 saturated carbocycles. The topological polar surface area (TPSA) is 63.7 Å². The van der Waals surface area contributed by atoms with Crippen LogP contribution < -0.4 is 10.1 Å². The van der Waals surface area contributed by atoms with Gasteiger partial charge in [0.05, 0.1) is 18.8 Å². The van der Waals surface area contributed by atoms with Crippen molar-refractivity contribution in [2.45, 2.75) is 56.8 Å². The fraction of sp³-hybridized carbons (Fsp3) is 0.520. The molecule has 3 heterocycles. The first-order chi connectivity index (χ1) is 15.1. The molecule has 2 aromatic rings. The molecule has 2 aliphatic rings. The maximum atomic E-state index is 12.3. The molecule has 4 rings (SSSR count). The first kappa shape index (κ1) is 21.8. The highest BCUT2D eigenvalue weighted by Crippen LogP contribution is 2.39. The van der Waals surface area contributed by atoms with Gasteiger partial charge in [0.25, 0.3) is 0 Å². The number of aryl methyl sites for hydroxylation is 1. The van der Waals surface area contributed by atoms with Gasteiger partial charge in [0, 0.05) is 45.0 Å². The Morgan fingerprint density at radius 2 is 2.00 bits per heavy atom. The lowest BCUT2D eigenvalue weighted by atomic mass is 9.88. The third-order valence-corrected chi connectivity index (χ3v) is 6.56. The molecule has 1 aromatic carbocycles. The van der Waals surface area contributed by atoms with Gasteiger partial charge in [-0.1, -0.05) is 12.1 Å². The number of nitrogens with zero attached hydrogens (tertiary/aromatic N) is 2. The van der Waals surface area contributed by atoms with E-state index in [9.17, 15) is 4.79 Å². The van der Waals surface area contributed by atoms with Crippen molar-refractivity contribution in [3.8, 4) is 5.75 Å². The minimum absolute atomic E-state index is 0.00469. The van der Waals surface area contributed by atoms with Crippen LogP contribution in [0.3, 0.4) is 0 Å². The predicted octanol–water partition coefficient (Wildman–Crippen LogP) is 3.35. The van der Waals surface area contributed by atoms with Crippen LogP contribution in [-0.2, 0) is 22.5 Å². The van der Waals surface area contributed by atoms with Gasteiger partial charge in [-0.2, -0.15) is 0 Å². The van der Waals surface area contributed by atoms with Crippen molar-refractivity contribution >= 4 is 5.91 Å². The summed E-state index contributed by atoms with van der Waals surface area (Å²) in [6.07, 6.45) is 9.30. The average Bonchev–Trinajstić information content (AvgIpc) is 3.21. The van der Waals surface area contributed by atoms with Crippen molar-refractivity contribution in [3.63, 3.8) is 0 Å². The molecule has 0 bridgehead atoms. The number of carbonyl (C=O) groups is 1. The Kier molecular flexibility index (Phi) is 7.20. The van der Waals surface area contributed by atoms with Crippen LogP contribution in [0.1, 0.15) is 43.2 Å². The minimum atomic E-state index is 0.00469. The van der Waals surface area contributed by atoms with Crippen LogP contribution in [0.4, 0.5) is 0 Å². The van der Waals surface area contributed by atoms with Crippen LogP contribution in [0.25, 0.3) is 0 Å². The second-order valence-electron chi connectivity index (χ2n) is 8.75. The number of carbonyl (C=O) groups excluding carboxylic acids is 1. The van der Waals surface area contributed by atoms with Crippen molar-refractivity contribution in [2.24, 2.45) is 0 Å². The summed E-state index contributed by atoms with van der Waals surface area (Å²) in [5.41, 5.74) is 2.43. The number of ether oxygens (including phenoxy) is 2. The Bertz CT molecular complexity index is 850. The van der Waals surface area contributed by atoms with Crippen molar-refractivity contribution in [1.82, 2.24) is 15.2 Å². The summed E-state index contributed by atoms with van der Waals surface area (Å²) in [5, 5.41) is 3.08. The molecule has 6 heteroatoms. The molecule has 2 fully saturated rings. The largest absolute Gasteiger partial charge is 0.497 e. The van der Waals surface area contributed by atoms with E-state index in [4.69, 9.17) is 9.47 Å². The summed E-state index contributed by atoms with van der Waals surface area (Å²) < 4.78 is 11.7. The van der Waals surface area contributed by atoms with Crippen LogP contribution in [0.5, 0.6) is 5.75 Å². The van der Waals surface area contributed by atoms with Gasteiger partial charge in [-0.25, -0.2) is 0 Å². The molecule has 166 valence electrons. The van der Waals surface area contributed by atoms with Gasteiger partial charge < -0.3 is 14.8 Å². The van der Waals surface area contributed by atoms with E-state index in [0.717, 1.165) is 56.6 Å². The molecule has 6 nitrogen and oxygen atoms in total. The smallest absolute Gasteiger partial charge is 0.220 e. The summed E-state index contributed by atoms with van der Waals surface area (Å²) in [4.78, 5) is 18.9. The normalized spacial score (nSPS) is 20.6. The highest BCUT2D eigenvalue weighted by molar-refractivity contribution is 5.76. The maximum Gasteiger partial charge on any atom is 0.220 e. The molecule has 2 aliphatic heterocycles. The molecule has 31 heavy (non-hydrogen) atoms. The fourth-order valence-corrected chi connectivity index (χ4v) is 4.67. The van der Waals surface area contributed by atoms with E-state index in [1.54, 1.807) is 7.11 Å². The van der Waals surface area contributed by atoms with E-state index in [1.807, 2.05) is 36.7 Å². The molecule has 1 N–H and O–H groups in total. The zero-order valence-electron chi connectivity index (χ0n) is 18.4. The molecule has 0 aliphatic carbocycles. The first-order valence-corrected chi connectivity index (χ1v) is 11.3. The Morgan fingerprint density at radius 1 is 1.19 bits per heavy atom. The van der Waals surface area contributed by atoms with Crippen molar-refractivity contribution < 1.29 is 14.3 Å². The number of methoxy groups -OCH3 is 1. The fourth-order valence-electron chi connectivity index (χ4n) is 4.67. The second kappa shape index (κ2) is 10.2. The molecular formula is C25H33N3O3. The van der Waals surface area contributed by atoms with Gasteiger partial charge in [0.15, 0.2) is 0 Å². The van der Waals surface area contributed by atoms with E-state index in [1.165, 1.54) is 5.56 Å². The minimum Gasteiger partial charge on any atom is -0.497 e. The number of pyridine rings is 1. The standard InChI is InChI=1S/C25H33N3O3/c1-30-22-4-2-3-20(17-22)5-6-24(29)27-18-23-7-10-25(31-23)11-15-28(16-12-25)19-21-8-13-26-14-9-21/h2-4,8-9,13-14,17,23H,5-7,10-12,15-16,18-19H2,1H3,(H,27,29)/t23-/m0/s1. The van der Waals surface area contributed by atoms with Crippen LogP contribution in [0.15, 0.2) is 48.8 Å². The number of likely N-dealkylation sites (tertiary alicyclic amines) is 1. The summed E-state index contributed by atoms with van der Waals surface area (Å²) in [7, 11) is 1.66. The second-order valence-corrected chi connectivity index (χ2v) is 8.75. The third kappa shape index (κ3) is 6.05. The van der Waals surface area contributed by atoms with E-state index in [2.05, 4.69) is 27.3 Å². The Hall–Kier alpha value is -2.44. The van der Waals surface area contributed by atoms with E-state index in [-0.39, 0.29) is 17.6 Å². The van der Waals surface area contributed by atoms with Gasteiger partial charge >= 0.3 is 0 Å². The average molecular weight is 424 g/mol. The van der Waals surface area contributed by atoms with Gasteiger partial charge in [-0.3, -0.25) is 14.7 Å². The lowest BCUT2D eigenvalue weighted by Crippen LogP contribution is -2.44. The number of rotatable bonds is 8. The molecule has 1 atom stereocenters. The zero-order valence-corrected chi connectivity index (χ0v) is 18.4. The van der Waals surface area contributed by atoms with Gasteiger partial charge in [0.2, 0.25) is 5.91 Å². The molecule has 2 saturated heterocycles. The monoisotopic (exact) mass is 423 g/mol. The van der Waals surface area contributed by atoms with E-state index >= 15 is 0 Å². The third-order valence-electron chi connectivity index (χ3n) is 6.56. The van der Waals surface area contributed by atoms with Crippen LogP contribution in [0, 0.1) is 0 Å². The summed E-state index contributed by atoms with van der Waals surface area (Å²) >= 11 is 0. The van der Waals surface area contributed by atoms with Crippen molar-refractivity contribution in [2.75, 3.05) is 26.7 Å². The molecular weight excluding hydrogens is 390 g/mol. The summed E-state index contributed by atoms with van der Waals surface area (Å²) in [5.74, 6) is 0.911. The van der Waals surface area contributed by atoms with Crippen LogP contribution >= 0.6 is 0 Å². The number of hydrogen-bond acceptors (Lipinski definition) is 5. The summed E-state index contributed by atoms with van der Waals surface area (Å²) in [6, 6.07) is 12.1. The number of piperidine rings is 1. The summed E-state index contributed by atoms with van der Waals surface area (Å²) in [6.45, 7) is 3.70. The number of benzene rings is 1. The SMILES string of the molecule is COc1cccc(CCC(=O)NC[C@@H]2CCC3(CCN(Cc4ccncc4)CC3)O2)c1. The molecule has 0 radical (unpaired) electrons. The first-order valence-electron chi connectivity index (χ1n) is 11.3. The quantitative estimate of drug-likeness (QED) is 0.705. The molecule has 1 aromatic heterocycles. The molecule has 1 amide bonds. The Morgan fingerprint density at radius 3 is 2.77 bits per heavy atom. The number of amides is 1. The zero-order chi connectivity index (χ0) is 21.5. The van der Waals surface area contributed by atoms with Gasteiger partial charge in [-0.15, -0.1) is 0 Å². The van der Waals surface area contributed by atoms with Gasteiger partial charge in [-0.05, 0) is 67.5 Å². The number of nitrogens with one attached hydrogen (secondary N) is 1. The lowest BCUT2D eigenvalue weighted by Gasteiger charge is -2.39. The predicted molar refractivity (Wildman–Crippen MR) is 120 cm³/mol. The Labute approximate surface area is 185 Å². The van der Waals surface area contributed by atoms with Crippen molar-refractivity contribution in [3.05, 3.63) is 59.9 Å². The van der Waals surface area contributed by atoms with E-state index < -0.39 is 0 Å². The number of hydrogen-bond donors (Lipinski definition) is 1. The van der Waals surface area contributed by atoms with E-state index in [0.29, 0.717) is 19.4 Å². The van der Waals surface area contributed by atoms with Crippen LogP contribution in [-0.4, -0.2) is 54.2 Å². The molecule has 0 unspecified atom stereocenters. The lowest BCUT2D eigenvalue weighted by molar-refractivity contribution is -0.122. The number of aromatic nitrogens is 1. The Balaban J connectivity index is 1.16. The molecule has 1 spiro atoms. The van der Waals surface area contributed by atoms with Gasteiger partial charge in [0.1, 0.15) is 5.75 Å². The highest BCUT2D eigenvalue weighted by Gasteiger charge is 2.42. The highest BCUT2D eigenvalue weighted by atomic mass is 16.5. The van der Waals surface area contributed by atoms with Crippen LogP contribution in [0.2, 0.25) is 0 Å². The maximum absolute atomic E-state index is 12.3.